The van der Waals surface area contributed by atoms with Gasteiger partial charge >= 0.3 is 0 Å². The van der Waals surface area contributed by atoms with Crippen molar-refractivity contribution in [2.75, 3.05) is 19.5 Å². The van der Waals surface area contributed by atoms with E-state index in [2.05, 4.69) is 0 Å². The first kappa shape index (κ1) is 13.3. The molecule has 2 aromatic carbocycles. The fourth-order valence-corrected chi connectivity index (χ4v) is 1.94. The molecule has 0 radical (unpaired) electrons. The number of para-hydroxylation sites is 1. The number of rotatable bonds is 5. The Kier molecular flexibility index (Phi) is 4.29. The highest BCUT2D eigenvalue weighted by atomic mass is 16.5. The van der Waals surface area contributed by atoms with Crippen LogP contribution < -0.4 is 15.2 Å². The number of ether oxygens (including phenoxy) is 2. The van der Waals surface area contributed by atoms with Gasteiger partial charge in [-0.3, -0.25) is 0 Å². The lowest BCUT2D eigenvalue weighted by molar-refractivity contribution is 0.321. The summed E-state index contributed by atoms with van der Waals surface area (Å²) in [5.41, 5.74) is 8.87. The Morgan fingerprint density at radius 1 is 1.05 bits per heavy atom. The largest absolute Gasteiger partial charge is 0.497 e. The molecule has 0 amide bonds. The molecule has 0 saturated heterocycles. The summed E-state index contributed by atoms with van der Waals surface area (Å²) in [6, 6.07) is 13.8. The molecular formula is C16H19NO2. The van der Waals surface area contributed by atoms with Crippen molar-refractivity contribution in [3.8, 4) is 11.5 Å². The Bertz CT molecular complexity index is 515. The summed E-state index contributed by atoms with van der Waals surface area (Å²) in [6.45, 7) is 2.61. The van der Waals surface area contributed by atoms with Crippen molar-refractivity contribution >= 4 is 5.69 Å². The number of hydrogen-bond acceptors (Lipinski definition) is 3. The van der Waals surface area contributed by atoms with Crippen molar-refractivity contribution < 1.29 is 9.47 Å². The van der Waals surface area contributed by atoms with Crippen LogP contribution in [0, 0.1) is 6.92 Å². The third-order valence-corrected chi connectivity index (χ3v) is 3.04. The second-order valence-electron chi connectivity index (χ2n) is 4.44. The van der Waals surface area contributed by atoms with Crippen LogP contribution in [0.15, 0.2) is 42.5 Å². The van der Waals surface area contributed by atoms with E-state index in [0.717, 1.165) is 23.5 Å². The van der Waals surface area contributed by atoms with E-state index in [1.54, 1.807) is 7.11 Å². The standard InChI is InChI=1S/C16H19NO2/c1-12-4-3-5-15(17)16(12)19-11-10-13-6-8-14(18-2)9-7-13/h3-9H,10-11,17H2,1-2H3. The van der Waals surface area contributed by atoms with Crippen LogP contribution in [0.2, 0.25) is 0 Å². The van der Waals surface area contributed by atoms with Crippen LogP contribution in [0.5, 0.6) is 11.5 Å². The number of anilines is 1. The molecule has 3 heteroatoms. The Balaban J connectivity index is 1.92. The number of aryl methyl sites for hydroxylation is 1. The van der Waals surface area contributed by atoms with Gasteiger partial charge in [0, 0.05) is 6.42 Å². The van der Waals surface area contributed by atoms with E-state index in [9.17, 15) is 0 Å². The molecule has 0 aromatic heterocycles. The van der Waals surface area contributed by atoms with Gasteiger partial charge in [-0.15, -0.1) is 0 Å². The average molecular weight is 257 g/mol. The van der Waals surface area contributed by atoms with Crippen LogP contribution in [-0.4, -0.2) is 13.7 Å². The molecule has 0 aliphatic rings. The molecule has 0 atom stereocenters. The van der Waals surface area contributed by atoms with Crippen molar-refractivity contribution in [3.63, 3.8) is 0 Å². The van der Waals surface area contributed by atoms with Crippen molar-refractivity contribution in [2.45, 2.75) is 13.3 Å². The smallest absolute Gasteiger partial charge is 0.145 e. The van der Waals surface area contributed by atoms with E-state index in [4.69, 9.17) is 15.2 Å². The number of nitrogens with two attached hydrogens (primary N) is 1. The van der Waals surface area contributed by atoms with Crippen LogP contribution in [0.4, 0.5) is 5.69 Å². The summed E-state index contributed by atoms with van der Waals surface area (Å²) in [6.07, 6.45) is 0.845. The molecule has 0 bridgehead atoms. The quantitative estimate of drug-likeness (QED) is 0.836. The van der Waals surface area contributed by atoms with E-state index in [0.29, 0.717) is 12.3 Å². The lowest BCUT2D eigenvalue weighted by Gasteiger charge is -2.11. The average Bonchev–Trinajstić information content (AvgIpc) is 2.43. The third-order valence-electron chi connectivity index (χ3n) is 3.04. The topological polar surface area (TPSA) is 44.5 Å². The highest BCUT2D eigenvalue weighted by molar-refractivity contribution is 5.56. The maximum Gasteiger partial charge on any atom is 0.145 e. The Morgan fingerprint density at radius 2 is 1.79 bits per heavy atom. The highest BCUT2D eigenvalue weighted by Crippen LogP contribution is 2.25. The molecule has 0 fully saturated rings. The van der Waals surface area contributed by atoms with Gasteiger partial charge in [0.2, 0.25) is 0 Å². The van der Waals surface area contributed by atoms with Gasteiger partial charge in [-0.2, -0.15) is 0 Å². The Labute approximate surface area is 114 Å². The van der Waals surface area contributed by atoms with Crippen molar-refractivity contribution in [1.82, 2.24) is 0 Å². The second kappa shape index (κ2) is 6.14. The molecule has 0 unspecified atom stereocenters. The summed E-state index contributed by atoms with van der Waals surface area (Å²) in [7, 11) is 1.67. The van der Waals surface area contributed by atoms with Gasteiger partial charge in [-0.1, -0.05) is 24.3 Å². The normalized spacial score (nSPS) is 10.2. The summed E-state index contributed by atoms with van der Waals surface area (Å²) in [5.74, 6) is 1.66. The summed E-state index contributed by atoms with van der Waals surface area (Å²) in [5, 5.41) is 0. The molecule has 3 nitrogen and oxygen atoms in total. The summed E-state index contributed by atoms with van der Waals surface area (Å²) >= 11 is 0. The van der Waals surface area contributed by atoms with E-state index >= 15 is 0 Å². The summed E-state index contributed by atoms with van der Waals surface area (Å²) < 4.78 is 10.9. The van der Waals surface area contributed by atoms with Crippen LogP contribution in [-0.2, 0) is 6.42 Å². The van der Waals surface area contributed by atoms with Gasteiger partial charge in [-0.25, -0.2) is 0 Å². The van der Waals surface area contributed by atoms with Gasteiger partial charge in [0.25, 0.3) is 0 Å². The molecule has 100 valence electrons. The fraction of sp³-hybridized carbons (Fsp3) is 0.250. The first-order valence-corrected chi connectivity index (χ1v) is 6.31. The zero-order valence-corrected chi connectivity index (χ0v) is 11.3. The molecule has 2 aromatic rings. The van der Waals surface area contributed by atoms with E-state index in [1.165, 1.54) is 5.56 Å². The number of benzene rings is 2. The fourth-order valence-electron chi connectivity index (χ4n) is 1.94. The van der Waals surface area contributed by atoms with Crippen LogP contribution in [0.3, 0.4) is 0 Å². The molecule has 19 heavy (non-hydrogen) atoms. The monoisotopic (exact) mass is 257 g/mol. The predicted octanol–water partition coefficient (Wildman–Crippen LogP) is 3.21. The molecule has 0 aliphatic heterocycles. The molecule has 2 rings (SSSR count). The van der Waals surface area contributed by atoms with Gasteiger partial charge in [-0.05, 0) is 36.2 Å². The first-order chi connectivity index (χ1) is 9.20. The number of hydrogen-bond donors (Lipinski definition) is 1. The van der Waals surface area contributed by atoms with Crippen LogP contribution >= 0.6 is 0 Å². The minimum absolute atomic E-state index is 0.612. The number of methoxy groups -OCH3 is 1. The Hall–Kier alpha value is -2.16. The second-order valence-corrected chi connectivity index (χ2v) is 4.44. The zero-order chi connectivity index (χ0) is 13.7. The van der Waals surface area contributed by atoms with Gasteiger partial charge in [0.1, 0.15) is 11.5 Å². The van der Waals surface area contributed by atoms with Gasteiger partial charge in [0.15, 0.2) is 0 Å². The van der Waals surface area contributed by atoms with Crippen molar-refractivity contribution in [3.05, 3.63) is 53.6 Å². The highest BCUT2D eigenvalue weighted by Gasteiger charge is 2.03. The van der Waals surface area contributed by atoms with E-state index < -0.39 is 0 Å². The lowest BCUT2D eigenvalue weighted by Crippen LogP contribution is -2.04. The predicted molar refractivity (Wildman–Crippen MR) is 77.8 cm³/mol. The molecule has 0 saturated carbocycles. The third kappa shape index (κ3) is 3.41. The van der Waals surface area contributed by atoms with E-state index in [-0.39, 0.29) is 0 Å². The lowest BCUT2D eigenvalue weighted by atomic mass is 10.1. The molecule has 0 spiro atoms. The molecule has 0 aliphatic carbocycles. The molecular weight excluding hydrogens is 238 g/mol. The van der Waals surface area contributed by atoms with Crippen LogP contribution in [0.1, 0.15) is 11.1 Å². The minimum Gasteiger partial charge on any atom is -0.497 e. The Morgan fingerprint density at radius 3 is 2.42 bits per heavy atom. The SMILES string of the molecule is COc1ccc(CCOc2c(C)cccc2N)cc1. The molecule has 0 heterocycles. The zero-order valence-electron chi connectivity index (χ0n) is 11.3. The van der Waals surface area contributed by atoms with Crippen molar-refractivity contribution in [1.29, 1.82) is 0 Å². The van der Waals surface area contributed by atoms with E-state index in [1.807, 2.05) is 49.4 Å². The van der Waals surface area contributed by atoms with Gasteiger partial charge < -0.3 is 15.2 Å². The maximum absolute atomic E-state index is 5.90. The van der Waals surface area contributed by atoms with Gasteiger partial charge in [0.05, 0.1) is 19.4 Å². The molecule has 2 N–H and O–H groups in total. The van der Waals surface area contributed by atoms with Crippen molar-refractivity contribution in [2.24, 2.45) is 0 Å². The van der Waals surface area contributed by atoms with Crippen LogP contribution in [0.25, 0.3) is 0 Å². The minimum atomic E-state index is 0.612. The number of nitrogen functional groups attached to an aromatic ring is 1. The summed E-state index contributed by atoms with van der Waals surface area (Å²) in [4.78, 5) is 0. The maximum atomic E-state index is 5.90. The first-order valence-electron chi connectivity index (χ1n) is 6.31.